The number of carboxylic acid groups (broad SMARTS) is 1. The Morgan fingerprint density at radius 3 is 2.74 bits per heavy atom. The summed E-state index contributed by atoms with van der Waals surface area (Å²) in [5.74, 6) is -1.61. The maximum absolute atomic E-state index is 12.2. The minimum absolute atomic E-state index is 0.00218. The first kappa shape index (κ1) is 13.9. The first-order valence-corrected chi connectivity index (χ1v) is 6.79. The zero-order valence-corrected chi connectivity index (χ0v) is 11.8. The summed E-state index contributed by atoms with van der Waals surface area (Å²) >= 11 is 3.15. The van der Waals surface area contributed by atoms with Gasteiger partial charge in [0.05, 0.1) is 10.4 Å². The van der Waals surface area contributed by atoms with Crippen LogP contribution in [0.1, 0.15) is 23.2 Å². The van der Waals surface area contributed by atoms with E-state index >= 15 is 0 Å². The number of hydrogen-bond donors (Lipinski definition) is 2. The molecule has 1 aromatic rings. The molecule has 2 rings (SSSR count). The maximum atomic E-state index is 12.2. The molecule has 0 saturated carbocycles. The lowest BCUT2D eigenvalue weighted by atomic mass is 9.97. The molecule has 0 spiro atoms. The fourth-order valence-electron chi connectivity index (χ4n) is 2.19. The smallest absolute Gasteiger partial charge is 0.308 e. The molecule has 1 saturated heterocycles. The summed E-state index contributed by atoms with van der Waals surface area (Å²) in [6.45, 7) is 0.782. The lowest BCUT2D eigenvalue weighted by Gasteiger charge is -2.30. The van der Waals surface area contributed by atoms with Gasteiger partial charge in [-0.05, 0) is 47.0 Å². The van der Waals surface area contributed by atoms with Gasteiger partial charge in [0.25, 0.3) is 5.91 Å². The summed E-state index contributed by atoms with van der Waals surface area (Å²) in [5.41, 5.74) is 0.367. The van der Waals surface area contributed by atoms with E-state index in [0.29, 0.717) is 29.4 Å². The van der Waals surface area contributed by atoms with Crippen LogP contribution in [0.5, 0.6) is 5.75 Å². The van der Waals surface area contributed by atoms with Crippen LogP contribution in [0.4, 0.5) is 0 Å². The Morgan fingerprint density at radius 2 is 2.11 bits per heavy atom. The molecule has 1 aliphatic heterocycles. The molecule has 19 heavy (non-hydrogen) atoms. The number of nitrogens with zero attached hydrogens (tertiary/aromatic N) is 1. The van der Waals surface area contributed by atoms with Crippen LogP contribution in [0.2, 0.25) is 0 Å². The van der Waals surface area contributed by atoms with E-state index in [9.17, 15) is 14.7 Å². The van der Waals surface area contributed by atoms with Crippen molar-refractivity contribution in [3.05, 3.63) is 28.2 Å². The fraction of sp³-hybridized carbons (Fsp3) is 0.385. The minimum atomic E-state index is -0.865. The van der Waals surface area contributed by atoms with Crippen LogP contribution < -0.4 is 0 Å². The second kappa shape index (κ2) is 5.61. The van der Waals surface area contributed by atoms with E-state index in [1.54, 1.807) is 12.1 Å². The highest BCUT2D eigenvalue weighted by Gasteiger charge is 2.28. The summed E-state index contributed by atoms with van der Waals surface area (Å²) < 4.78 is 0.520. The highest BCUT2D eigenvalue weighted by Crippen LogP contribution is 2.26. The molecule has 1 aliphatic rings. The number of phenols is 1. The predicted molar refractivity (Wildman–Crippen MR) is 72.1 cm³/mol. The molecule has 1 atom stereocenters. The molecule has 5 nitrogen and oxygen atoms in total. The number of aliphatic carboxylic acids is 1. The van der Waals surface area contributed by atoms with Gasteiger partial charge < -0.3 is 15.1 Å². The molecule has 102 valence electrons. The summed E-state index contributed by atoms with van der Waals surface area (Å²) in [6, 6.07) is 4.59. The Morgan fingerprint density at radius 1 is 1.37 bits per heavy atom. The van der Waals surface area contributed by atoms with E-state index in [1.807, 2.05) is 0 Å². The van der Waals surface area contributed by atoms with Crippen LogP contribution in [0.15, 0.2) is 22.7 Å². The van der Waals surface area contributed by atoms with E-state index < -0.39 is 11.9 Å². The van der Waals surface area contributed by atoms with Crippen LogP contribution in [0, 0.1) is 5.92 Å². The van der Waals surface area contributed by atoms with Gasteiger partial charge in [0, 0.05) is 18.7 Å². The Labute approximate surface area is 119 Å². The van der Waals surface area contributed by atoms with Gasteiger partial charge in [-0.15, -0.1) is 0 Å². The topological polar surface area (TPSA) is 77.8 Å². The molecule has 1 fully saturated rings. The number of benzene rings is 1. The molecule has 0 bridgehead atoms. The van der Waals surface area contributed by atoms with Crippen molar-refractivity contribution in [3.63, 3.8) is 0 Å². The molecule has 0 unspecified atom stereocenters. The first-order valence-electron chi connectivity index (χ1n) is 5.99. The van der Waals surface area contributed by atoms with Crippen LogP contribution >= 0.6 is 15.9 Å². The van der Waals surface area contributed by atoms with Crippen molar-refractivity contribution in [2.45, 2.75) is 12.8 Å². The maximum Gasteiger partial charge on any atom is 0.308 e. The van der Waals surface area contributed by atoms with Gasteiger partial charge in [0.2, 0.25) is 0 Å². The number of phenolic OH excluding ortho intramolecular Hbond substituents is 1. The van der Waals surface area contributed by atoms with Crippen LogP contribution in [-0.4, -0.2) is 40.1 Å². The van der Waals surface area contributed by atoms with E-state index in [4.69, 9.17) is 5.11 Å². The molecule has 0 aromatic heterocycles. The Bertz CT molecular complexity index is 517. The van der Waals surface area contributed by atoms with Crippen LogP contribution in [0.25, 0.3) is 0 Å². The highest BCUT2D eigenvalue weighted by atomic mass is 79.9. The van der Waals surface area contributed by atoms with Gasteiger partial charge in [-0.3, -0.25) is 9.59 Å². The third-order valence-electron chi connectivity index (χ3n) is 3.25. The van der Waals surface area contributed by atoms with Gasteiger partial charge in [-0.25, -0.2) is 0 Å². The van der Waals surface area contributed by atoms with E-state index in [0.717, 1.165) is 0 Å². The van der Waals surface area contributed by atoms with Crippen molar-refractivity contribution in [1.29, 1.82) is 0 Å². The van der Waals surface area contributed by atoms with Gasteiger partial charge >= 0.3 is 5.97 Å². The molecule has 6 heteroatoms. The number of carboxylic acids is 1. The Balaban J connectivity index is 2.14. The highest BCUT2D eigenvalue weighted by molar-refractivity contribution is 9.10. The van der Waals surface area contributed by atoms with E-state index in [2.05, 4.69) is 15.9 Å². The van der Waals surface area contributed by atoms with Gasteiger partial charge in [0.1, 0.15) is 5.75 Å². The molecule has 2 N–H and O–H groups in total. The second-order valence-corrected chi connectivity index (χ2v) is 5.45. The predicted octanol–water partition coefficient (Wildman–Crippen LogP) is 2.09. The Hall–Kier alpha value is -1.56. The number of aromatic hydroxyl groups is 1. The van der Waals surface area contributed by atoms with Crippen molar-refractivity contribution < 1.29 is 19.8 Å². The average molecular weight is 328 g/mol. The fourth-order valence-corrected chi connectivity index (χ4v) is 2.44. The summed E-state index contributed by atoms with van der Waals surface area (Å²) in [6.07, 6.45) is 1.29. The molecule has 1 amide bonds. The SMILES string of the molecule is O=C(O)[C@@H]1CCCN(C(=O)c2ccc(Br)c(O)c2)C1. The van der Waals surface area contributed by atoms with Crippen molar-refractivity contribution >= 4 is 27.8 Å². The zero-order valence-electron chi connectivity index (χ0n) is 10.2. The standard InChI is InChI=1S/C13H14BrNO4/c14-10-4-3-8(6-11(10)16)12(17)15-5-1-2-9(7-15)13(18)19/h3-4,6,9,16H,1-2,5,7H2,(H,18,19)/t9-/m1/s1. The van der Waals surface area contributed by atoms with Gasteiger partial charge in [-0.1, -0.05) is 0 Å². The first-order chi connectivity index (χ1) is 8.99. The summed E-state index contributed by atoms with van der Waals surface area (Å²) in [7, 11) is 0. The third-order valence-corrected chi connectivity index (χ3v) is 3.92. The van der Waals surface area contributed by atoms with Crippen LogP contribution in [-0.2, 0) is 4.79 Å². The largest absolute Gasteiger partial charge is 0.507 e. The number of halogens is 1. The molecular formula is C13H14BrNO4. The number of amides is 1. The van der Waals surface area contributed by atoms with E-state index in [-0.39, 0.29) is 18.2 Å². The lowest BCUT2D eigenvalue weighted by molar-refractivity contribution is -0.143. The zero-order chi connectivity index (χ0) is 14.0. The summed E-state index contributed by atoms with van der Waals surface area (Å²) in [5, 5.41) is 18.6. The number of hydrogen-bond acceptors (Lipinski definition) is 3. The summed E-state index contributed by atoms with van der Waals surface area (Å²) in [4.78, 5) is 24.7. The lowest BCUT2D eigenvalue weighted by Crippen LogP contribution is -2.42. The van der Waals surface area contributed by atoms with Crippen LogP contribution in [0.3, 0.4) is 0 Å². The van der Waals surface area contributed by atoms with Gasteiger partial charge in [0.15, 0.2) is 0 Å². The van der Waals surface area contributed by atoms with Crippen molar-refractivity contribution in [2.75, 3.05) is 13.1 Å². The van der Waals surface area contributed by atoms with Crippen molar-refractivity contribution in [2.24, 2.45) is 5.92 Å². The Kier molecular flexibility index (Phi) is 4.09. The van der Waals surface area contributed by atoms with Crippen molar-refractivity contribution in [1.82, 2.24) is 4.90 Å². The van der Waals surface area contributed by atoms with E-state index in [1.165, 1.54) is 11.0 Å². The molecule has 1 heterocycles. The molecular weight excluding hydrogens is 314 g/mol. The third kappa shape index (κ3) is 3.07. The minimum Gasteiger partial charge on any atom is -0.507 e. The molecule has 0 aliphatic carbocycles. The second-order valence-electron chi connectivity index (χ2n) is 4.59. The average Bonchev–Trinajstić information content (AvgIpc) is 2.41. The number of likely N-dealkylation sites (tertiary alicyclic amines) is 1. The molecule has 1 aromatic carbocycles. The quantitative estimate of drug-likeness (QED) is 0.871. The molecule has 0 radical (unpaired) electrons. The number of rotatable bonds is 2. The van der Waals surface area contributed by atoms with Gasteiger partial charge in [-0.2, -0.15) is 0 Å². The monoisotopic (exact) mass is 327 g/mol. The normalized spacial score (nSPS) is 19.2. The number of carbonyl (C=O) groups is 2. The number of carbonyl (C=O) groups excluding carboxylic acids is 1. The van der Waals surface area contributed by atoms with Crippen molar-refractivity contribution in [3.8, 4) is 5.75 Å². The number of piperidine rings is 1.